The Hall–Kier alpha value is -1.82. The first-order valence-electron chi connectivity index (χ1n) is 9.78. The number of β-amino-alcohol motifs (C(OH)–C–C–N with tert-alkyl or cyclic N) is 1. The Morgan fingerprint density at radius 1 is 0.852 bits per heavy atom. The minimum absolute atomic E-state index is 0.188. The van der Waals surface area contributed by atoms with Gasteiger partial charge in [-0.25, -0.2) is 8.78 Å². The molecule has 5 heteroatoms. The molecule has 3 nitrogen and oxygen atoms in total. The number of aliphatic hydroxyl groups excluding tert-OH is 1. The standard InChI is InChI=1S/C22H26F2N2O/c23-17-3-1-16(2-4-17)19-7-8-22(21-15-18(24)5-6-20(19)21)26-11-9-25(10-12-26)13-14-27/h1-6,15,19,22,27H,7-14H2/t19-,22+/m1/s1. The first kappa shape index (κ1) is 18.5. The van der Waals surface area contributed by atoms with E-state index in [1.165, 1.54) is 18.2 Å². The molecule has 0 saturated carbocycles. The molecule has 2 atom stereocenters. The topological polar surface area (TPSA) is 26.7 Å². The van der Waals surface area contributed by atoms with Gasteiger partial charge in [-0.15, -0.1) is 0 Å². The van der Waals surface area contributed by atoms with Crippen LogP contribution in [-0.2, 0) is 0 Å². The second kappa shape index (κ2) is 8.05. The van der Waals surface area contributed by atoms with Gasteiger partial charge in [-0.05, 0) is 53.8 Å². The Morgan fingerprint density at radius 3 is 2.26 bits per heavy atom. The van der Waals surface area contributed by atoms with Crippen molar-refractivity contribution in [2.75, 3.05) is 39.3 Å². The van der Waals surface area contributed by atoms with E-state index in [0.29, 0.717) is 0 Å². The fourth-order valence-electron chi connectivity index (χ4n) is 4.65. The van der Waals surface area contributed by atoms with E-state index in [0.717, 1.165) is 62.3 Å². The number of benzene rings is 2. The van der Waals surface area contributed by atoms with E-state index in [1.807, 2.05) is 18.2 Å². The van der Waals surface area contributed by atoms with Gasteiger partial charge >= 0.3 is 0 Å². The van der Waals surface area contributed by atoms with Gasteiger partial charge in [-0.1, -0.05) is 18.2 Å². The minimum atomic E-state index is -0.229. The quantitative estimate of drug-likeness (QED) is 0.889. The van der Waals surface area contributed by atoms with Crippen LogP contribution in [-0.4, -0.2) is 54.2 Å². The van der Waals surface area contributed by atoms with Gasteiger partial charge in [-0.2, -0.15) is 0 Å². The number of nitrogens with zero attached hydrogens (tertiary/aromatic N) is 2. The van der Waals surface area contributed by atoms with Crippen LogP contribution in [0.5, 0.6) is 0 Å². The average molecular weight is 372 g/mol. The summed E-state index contributed by atoms with van der Waals surface area (Å²) >= 11 is 0. The second-order valence-electron chi connectivity index (χ2n) is 7.57. The second-order valence-corrected chi connectivity index (χ2v) is 7.57. The Labute approximate surface area is 159 Å². The van der Waals surface area contributed by atoms with Gasteiger partial charge in [0.25, 0.3) is 0 Å². The van der Waals surface area contributed by atoms with Crippen molar-refractivity contribution in [2.45, 2.75) is 24.8 Å². The maximum absolute atomic E-state index is 14.1. The summed E-state index contributed by atoms with van der Waals surface area (Å²) in [5.41, 5.74) is 3.33. The molecule has 1 aliphatic heterocycles. The molecule has 144 valence electrons. The zero-order valence-electron chi connectivity index (χ0n) is 15.5. The van der Waals surface area contributed by atoms with E-state index in [4.69, 9.17) is 5.11 Å². The Balaban J connectivity index is 1.59. The lowest BCUT2D eigenvalue weighted by molar-refractivity contribution is 0.0762. The number of aliphatic hydroxyl groups is 1. The summed E-state index contributed by atoms with van der Waals surface area (Å²) in [4.78, 5) is 4.72. The minimum Gasteiger partial charge on any atom is -0.395 e. The average Bonchev–Trinajstić information content (AvgIpc) is 2.69. The highest BCUT2D eigenvalue weighted by Crippen LogP contribution is 2.44. The lowest BCUT2D eigenvalue weighted by atomic mass is 9.76. The maximum atomic E-state index is 14.1. The molecule has 1 aliphatic carbocycles. The van der Waals surface area contributed by atoms with Gasteiger partial charge in [0.2, 0.25) is 0 Å². The molecule has 0 aromatic heterocycles. The third kappa shape index (κ3) is 3.91. The summed E-state index contributed by atoms with van der Waals surface area (Å²) < 4.78 is 27.4. The normalized spacial score (nSPS) is 24.0. The van der Waals surface area contributed by atoms with Gasteiger partial charge in [0.1, 0.15) is 11.6 Å². The lowest BCUT2D eigenvalue weighted by Gasteiger charge is -2.43. The molecule has 27 heavy (non-hydrogen) atoms. The summed E-state index contributed by atoms with van der Waals surface area (Å²) in [7, 11) is 0. The van der Waals surface area contributed by atoms with Gasteiger partial charge in [0.05, 0.1) is 6.61 Å². The highest BCUT2D eigenvalue weighted by atomic mass is 19.1. The molecule has 4 rings (SSSR count). The fraction of sp³-hybridized carbons (Fsp3) is 0.455. The molecule has 0 amide bonds. The van der Waals surface area contributed by atoms with E-state index >= 15 is 0 Å². The number of fused-ring (bicyclic) bond motifs is 1. The zero-order chi connectivity index (χ0) is 18.8. The summed E-state index contributed by atoms with van der Waals surface area (Å²) in [5.74, 6) is -0.238. The van der Waals surface area contributed by atoms with Crippen molar-refractivity contribution in [1.82, 2.24) is 9.80 Å². The van der Waals surface area contributed by atoms with Gasteiger partial charge in [-0.3, -0.25) is 9.80 Å². The summed E-state index contributed by atoms with van der Waals surface area (Å²) in [6.07, 6.45) is 1.95. The van der Waals surface area contributed by atoms with Crippen LogP contribution in [0.3, 0.4) is 0 Å². The smallest absolute Gasteiger partial charge is 0.123 e. The lowest BCUT2D eigenvalue weighted by Crippen LogP contribution is -2.48. The molecular weight excluding hydrogens is 346 g/mol. The van der Waals surface area contributed by atoms with Crippen LogP contribution in [0, 0.1) is 11.6 Å². The van der Waals surface area contributed by atoms with Crippen LogP contribution in [0.2, 0.25) is 0 Å². The van der Waals surface area contributed by atoms with E-state index in [1.54, 1.807) is 6.07 Å². The van der Waals surface area contributed by atoms with Gasteiger partial charge in [0, 0.05) is 44.7 Å². The SMILES string of the molecule is OCCN1CCN([C@H]2CC[C@H](c3ccc(F)cc3)c3ccc(F)cc32)CC1. The van der Waals surface area contributed by atoms with Crippen LogP contribution < -0.4 is 0 Å². The molecule has 0 radical (unpaired) electrons. The number of halogens is 2. The molecule has 1 saturated heterocycles. The van der Waals surface area contributed by atoms with Crippen molar-refractivity contribution in [3.8, 4) is 0 Å². The summed E-state index contributed by atoms with van der Waals surface area (Å²) in [6, 6.07) is 12.1. The van der Waals surface area contributed by atoms with Crippen LogP contribution in [0.15, 0.2) is 42.5 Å². The van der Waals surface area contributed by atoms with Gasteiger partial charge < -0.3 is 5.11 Å². The van der Waals surface area contributed by atoms with Crippen molar-refractivity contribution in [3.05, 3.63) is 70.8 Å². The largest absolute Gasteiger partial charge is 0.395 e. The van der Waals surface area contributed by atoms with Gasteiger partial charge in [0.15, 0.2) is 0 Å². The molecule has 2 aromatic rings. The number of hydrogen-bond donors (Lipinski definition) is 1. The predicted octanol–water partition coefficient (Wildman–Crippen LogP) is 3.54. The molecule has 1 heterocycles. The molecule has 1 N–H and O–H groups in total. The molecular formula is C22H26F2N2O. The monoisotopic (exact) mass is 372 g/mol. The third-order valence-electron chi connectivity index (χ3n) is 6.05. The van der Waals surface area contributed by atoms with E-state index in [-0.39, 0.29) is 30.2 Å². The van der Waals surface area contributed by atoms with E-state index in [2.05, 4.69) is 9.80 Å². The van der Waals surface area contributed by atoms with Crippen molar-refractivity contribution < 1.29 is 13.9 Å². The zero-order valence-corrected chi connectivity index (χ0v) is 15.5. The summed E-state index contributed by atoms with van der Waals surface area (Å²) in [6.45, 7) is 4.64. The molecule has 2 aliphatic rings. The summed E-state index contributed by atoms with van der Waals surface area (Å²) in [5, 5.41) is 9.13. The molecule has 0 spiro atoms. The fourth-order valence-corrected chi connectivity index (χ4v) is 4.65. The highest BCUT2D eigenvalue weighted by Gasteiger charge is 2.33. The Bertz CT molecular complexity index is 772. The van der Waals surface area contributed by atoms with E-state index in [9.17, 15) is 8.78 Å². The Kier molecular flexibility index (Phi) is 5.53. The molecule has 0 unspecified atom stereocenters. The van der Waals surface area contributed by atoms with Crippen LogP contribution in [0.25, 0.3) is 0 Å². The third-order valence-corrected chi connectivity index (χ3v) is 6.05. The van der Waals surface area contributed by atoms with Crippen molar-refractivity contribution in [2.24, 2.45) is 0 Å². The predicted molar refractivity (Wildman–Crippen MR) is 102 cm³/mol. The van der Waals surface area contributed by atoms with Crippen molar-refractivity contribution in [1.29, 1.82) is 0 Å². The first-order chi connectivity index (χ1) is 13.2. The van der Waals surface area contributed by atoms with Crippen LogP contribution in [0.1, 0.15) is 41.5 Å². The molecule has 2 aromatic carbocycles. The van der Waals surface area contributed by atoms with Crippen molar-refractivity contribution in [3.63, 3.8) is 0 Å². The number of piperazine rings is 1. The molecule has 1 fully saturated rings. The molecule has 0 bridgehead atoms. The van der Waals surface area contributed by atoms with Crippen molar-refractivity contribution >= 4 is 0 Å². The number of hydrogen-bond acceptors (Lipinski definition) is 3. The first-order valence-corrected chi connectivity index (χ1v) is 9.78. The Morgan fingerprint density at radius 2 is 1.56 bits per heavy atom. The van der Waals surface area contributed by atoms with Crippen LogP contribution in [0.4, 0.5) is 8.78 Å². The number of rotatable bonds is 4. The van der Waals surface area contributed by atoms with E-state index < -0.39 is 0 Å². The maximum Gasteiger partial charge on any atom is 0.123 e. The van der Waals surface area contributed by atoms with Crippen LogP contribution >= 0.6 is 0 Å². The highest BCUT2D eigenvalue weighted by molar-refractivity contribution is 5.42.